The first-order valence-electron chi connectivity index (χ1n) is 6.76. The van der Waals surface area contributed by atoms with E-state index in [4.69, 9.17) is 5.11 Å². The van der Waals surface area contributed by atoms with Crippen molar-refractivity contribution in [3.05, 3.63) is 35.4 Å². The topological polar surface area (TPSA) is 61.4 Å². The number of aliphatic hydroxyl groups excluding tert-OH is 1. The van der Waals surface area contributed by atoms with Crippen molar-refractivity contribution in [3.63, 3.8) is 0 Å². The smallest absolute Gasteiger partial charge is 0.396 e. The molecule has 0 bridgehead atoms. The van der Waals surface area contributed by atoms with E-state index in [-0.39, 0.29) is 6.61 Å². The summed E-state index contributed by atoms with van der Waals surface area (Å²) in [5.41, 5.74) is -1.28. The Morgan fingerprint density at radius 3 is 2.13 bits per heavy atom. The van der Waals surface area contributed by atoms with E-state index >= 15 is 0 Å². The number of carbonyl (C=O) groups excluding carboxylic acids is 1. The summed E-state index contributed by atoms with van der Waals surface area (Å²) in [7, 11) is 0. The number of nitrogens with one attached hydrogen (secondary N) is 2. The van der Waals surface area contributed by atoms with Gasteiger partial charge in [0, 0.05) is 12.6 Å². The summed E-state index contributed by atoms with van der Waals surface area (Å²) >= 11 is 0. The summed E-state index contributed by atoms with van der Waals surface area (Å²) in [4.78, 5) is 11.7. The molecule has 0 aliphatic rings. The summed E-state index contributed by atoms with van der Waals surface area (Å²) in [6.07, 6.45) is -5.09. The highest BCUT2D eigenvalue weighted by molar-refractivity contribution is 5.75. The number of alkyl halides is 3. The Balaban J connectivity index is 3.00. The van der Waals surface area contributed by atoms with Crippen LogP contribution in [0.25, 0.3) is 0 Å². The minimum absolute atomic E-state index is 0.286. The van der Waals surface area contributed by atoms with Gasteiger partial charge in [-0.05, 0) is 25.0 Å². The lowest BCUT2D eigenvalue weighted by Gasteiger charge is -2.25. The first-order valence-corrected chi connectivity index (χ1v) is 6.76. The van der Waals surface area contributed by atoms with Gasteiger partial charge in [0.05, 0.1) is 5.56 Å². The quantitative estimate of drug-likeness (QED) is 0.722. The van der Waals surface area contributed by atoms with Crippen molar-refractivity contribution in [2.75, 3.05) is 6.61 Å². The third kappa shape index (κ3) is 5.05. The van der Waals surface area contributed by atoms with E-state index in [0.717, 1.165) is 6.07 Å². The average Bonchev–Trinajstić information content (AvgIpc) is 2.43. The van der Waals surface area contributed by atoms with Gasteiger partial charge in [0.25, 0.3) is 0 Å². The number of amides is 2. The van der Waals surface area contributed by atoms with Gasteiger partial charge in [0.1, 0.15) is 11.6 Å². The lowest BCUT2D eigenvalue weighted by atomic mass is 10.0. The van der Waals surface area contributed by atoms with Crippen molar-refractivity contribution in [3.8, 4) is 0 Å². The molecule has 1 aromatic rings. The maximum atomic E-state index is 13.6. The van der Waals surface area contributed by atoms with E-state index in [1.807, 2.05) is 0 Å². The van der Waals surface area contributed by atoms with Gasteiger partial charge < -0.3 is 15.7 Å². The van der Waals surface area contributed by atoms with Crippen LogP contribution in [-0.2, 0) is 0 Å². The molecule has 23 heavy (non-hydrogen) atoms. The van der Waals surface area contributed by atoms with Crippen LogP contribution in [0, 0.1) is 17.6 Å². The number of rotatable bonds is 5. The molecule has 0 aromatic heterocycles. The molecule has 0 saturated heterocycles. The van der Waals surface area contributed by atoms with Crippen LogP contribution in [0.3, 0.4) is 0 Å². The van der Waals surface area contributed by atoms with Crippen LogP contribution >= 0.6 is 0 Å². The average molecular weight is 340 g/mol. The van der Waals surface area contributed by atoms with Gasteiger partial charge in [-0.15, -0.1) is 0 Å². The van der Waals surface area contributed by atoms with E-state index in [9.17, 15) is 26.7 Å². The van der Waals surface area contributed by atoms with Gasteiger partial charge in [0.2, 0.25) is 0 Å². The number of aliphatic hydroxyl groups is 1. The Morgan fingerprint density at radius 1 is 1.17 bits per heavy atom. The normalized spacial score (nSPS) is 15.7. The molecule has 0 aliphatic heterocycles. The number of halogens is 5. The molecular weight excluding hydrogens is 323 g/mol. The number of hydrogen-bond donors (Lipinski definition) is 3. The highest BCUT2D eigenvalue weighted by Crippen LogP contribution is 2.35. The van der Waals surface area contributed by atoms with Crippen LogP contribution in [0.5, 0.6) is 0 Å². The summed E-state index contributed by atoms with van der Waals surface area (Å²) in [5.74, 6) is -3.23. The SMILES string of the molecule is CC(CO)C(C)NC(=O)NC(c1c(F)cccc1F)C(F)(F)F. The minimum Gasteiger partial charge on any atom is -0.396 e. The van der Waals surface area contributed by atoms with Crippen molar-refractivity contribution < 1.29 is 31.9 Å². The standard InChI is InChI=1S/C14H17F5N2O2/c1-7(6-22)8(2)20-13(23)21-12(14(17,18)19)11-9(15)4-3-5-10(11)16/h3-5,7-8,12,22H,6H2,1-2H3,(H2,20,21,23). The fourth-order valence-corrected chi connectivity index (χ4v) is 1.78. The first kappa shape index (κ1) is 19.1. The second kappa shape index (κ2) is 7.58. The second-order valence-electron chi connectivity index (χ2n) is 5.18. The third-order valence-corrected chi connectivity index (χ3v) is 3.39. The van der Waals surface area contributed by atoms with Crippen molar-refractivity contribution >= 4 is 6.03 Å². The maximum Gasteiger partial charge on any atom is 0.413 e. The molecule has 2 amide bonds. The Morgan fingerprint density at radius 2 is 1.70 bits per heavy atom. The Kier molecular flexibility index (Phi) is 6.31. The molecule has 1 aromatic carbocycles. The Bertz CT molecular complexity index is 530. The largest absolute Gasteiger partial charge is 0.413 e. The van der Waals surface area contributed by atoms with Crippen LogP contribution in [0.2, 0.25) is 0 Å². The molecule has 0 heterocycles. The molecule has 3 atom stereocenters. The molecule has 0 spiro atoms. The number of benzene rings is 1. The highest BCUT2D eigenvalue weighted by Gasteiger charge is 2.45. The zero-order chi connectivity index (χ0) is 17.8. The summed E-state index contributed by atoms with van der Waals surface area (Å²) in [5, 5.41) is 12.6. The monoisotopic (exact) mass is 340 g/mol. The molecule has 9 heteroatoms. The van der Waals surface area contributed by atoms with Gasteiger partial charge in [-0.3, -0.25) is 0 Å². The number of hydrogen-bond acceptors (Lipinski definition) is 2. The zero-order valence-corrected chi connectivity index (χ0v) is 12.4. The van der Waals surface area contributed by atoms with Crippen LogP contribution in [0.15, 0.2) is 18.2 Å². The fraction of sp³-hybridized carbons (Fsp3) is 0.500. The molecule has 0 radical (unpaired) electrons. The molecule has 3 unspecified atom stereocenters. The molecule has 4 nitrogen and oxygen atoms in total. The number of carbonyl (C=O) groups is 1. The molecular formula is C14H17F5N2O2. The van der Waals surface area contributed by atoms with Gasteiger partial charge in [0.15, 0.2) is 6.04 Å². The second-order valence-corrected chi connectivity index (χ2v) is 5.18. The van der Waals surface area contributed by atoms with Crippen molar-refractivity contribution in [2.45, 2.75) is 32.1 Å². The fourth-order valence-electron chi connectivity index (χ4n) is 1.78. The van der Waals surface area contributed by atoms with Crippen molar-refractivity contribution in [1.82, 2.24) is 10.6 Å². The Hall–Kier alpha value is -1.90. The van der Waals surface area contributed by atoms with E-state index in [1.165, 1.54) is 12.2 Å². The van der Waals surface area contributed by atoms with Gasteiger partial charge in [-0.1, -0.05) is 13.0 Å². The molecule has 0 aliphatic carbocycles. The van der Waals surface area contributed by atoms with Crippen molar-refractivity contribution in [1.29, 1.82) is 0 Å². The van der Waals surface area contributed by atoms with Crippen LogP contribution < -0.4 is 10.6 Å². The van der Waals surface area contributed by atoms with Gasteiger partial charge in [-0.25, -0.2) is 13.6 Å². The molecule has 0 fully saturated rings. The third-order valence-electron chi connectivity index (χ3n) is 3.39. The van der Waals surface area contributed by atoms with Gasteiger partial charge in [-0.2, -0.15) is 13.2 Å². The van der Waals surface area contributed by atoms with E-state index in [1.54, 1.807) is 6.92 Å². The predicted octanol–water partition coefficient (Wildman–Crippen LogP) is 2.88. The Labute approximate surface area is 129 Å². The zero-order valence-electron chi connectivity index (χ0n) is 12.4. The summed E-state index contributed by atoms with van der Waals surface area (Å²) in [6, 6.07) is -2.45. The van der Waals surface area contributed by atoms with E-state index in [0.29, 0.717) is 12.1 Å². The molecule has 3 N–H and O–H groups in total. The molecule has 130 valence electrons. The predicted molar refractivity (Wildman–Crippen MR) is 72.5 cm³/mol. The maximum absolute atomic E-state index is 13.6. The van der Waals surface area contributed by atoms with Crippen LogP contribution in [0.1, 0.15) is 25.5 Å². The van der Waals surface area contributed by atoms with Crippen LogP contribution in [0.4, 0.5) is 26.7 Å². The first-order chi connectivity index (χ1) is 10.6. The number of urea groups is 1. The molecule has 0 saturated carbocycles. The van der Waals surface area contributed by atoms with Gasteiger partial charge >= 0.3 is 12.2 Å². The lowest BCUT2D eigenvalue weighted by molar-refractivity contribution is -0.156. The highest BCUT2D eigenvalue weighted by atomic mass is 19.4. The van der Waals surface area contributed by atoms with Crippen molar-refractivity contribution in [2.24, 2.45) is 5.92 Å². The van der Waals surface area contributed by atoms with Crippen LogP contribution in [-0.4, -0.2) is 30.0 Å². The summed E-state index contributed by atoms with van der Waals surface area (Å²) in [6.45, 7) is 2.77. The molecule has 1 rings (SSSR count). The minimum atomic E-state index is -5.09. The lowest BCUT2D eigenvalue weighted by Crippen LogP contribution is -2.48. The van der Waals surface area contributed by atoms with E-state index in [2.05, 4.69) is 5.32 Å². The summed E-state index contributed by atoms with van der Waals surface area (Å²) < 4.78 is 66.4. The van der Waals surface area contributed by atoms with E-state index < -0.39 is 47.4 Å².